The van der Waals surface area contributed by atoms with Gasteiger partial charge in [-0.15, -0.1) is 0 Å². The molecule has 1 aromatic heterocycles. The highest BCUT2D eigenvalue weighted by Crippen LogP contribution is 2.50. The molecule has 0 bridgehead atoms. The number of benzene rings is 3. The van der Waals surface area contributed by atoms with Crippen LogP contribution in [0.1, 0.15) is 30.0 Å². The maximum Gasteiger partial charge on any atom is 0.416 e. The molecule has 0 radical (unpaired) electrons. The van der Waals surface area contributed by atoms with Gasteiger partial charge in [0.25, 0.3) is 5.91 Å². The smallest absolute Gasteiger partial charge is 0.309 e. The Bertz CT molecular complexity index is 1590. The van der Waals surface area contributed by atoms with E-state index in [1.165, 1.54) is 15.9 Å². The lowest BCUT2D eigenvalue weighted by atomic mass is 9.78. The maximum absolute atomic E-state index is 14.7. The van der Waals surface area contributed by atoms with Crippen LogP contribution < -0.4 is 9.80 Å². The molecule has 0 saturated heterocycles. The lowest BCUT2D eigenvalue weighted by Crippen LogP contribution is -2.53. The van der Waals surface area contributed by atoms with Crippen molar-refractivity contribution in [3.05, 3.63) is 108 Å². The van der Waals surface area contributed by atoms with Gasteiger partial charge in [0.05, 0.1) is 16.9 Å². The molecule has 0 N–H and O–H groups in total. The number of hydrogen-bond acceptors (Lipinski definition) is 3. The van der Waals surface area contributed by atoms with Gasteiger partial charge in [0.15, 0.2) is 5.41 Å². The highest BCUT2D eigenvalue weighted by molar-refractivity contribution is 6.27. The van der Waals surface area contributed by atoms with Crippen molar-refractivity contribution in [3.8, 4) is 11.1 Å². The van der Waals surface area contributed by atoms with E-state index in [1.807, 2.05) is 30.3 Å². The predicted octanol–water partition coefficient (Wildman–Crippen LogP) is 6.68. The molecule has 1 atom stereocenters. The molecule has 0 saturated carbocycles. The minimum absolute atomic E-state index is 0.0357. The van der Waals surface area contributed by atoms with Gasteiger partial charge in [0.1, 0.15) is 0 Å². The summed E-state index contributed by atoms with van der Waals surface area (Å²) >= 11 is 0. The van der Waals surface area contributed by atoms with E-state index < -0.39 is 29.0 Å². The molecule has 2 amide bonds. The van der Waals surface area contributed by atoms with E-state index in [0.717, 1.165) is 28.8 Å². The van der Waals surface area contributed by atoms with E-state index in [4.69, 9.17) is 0 Å². The van der Waals surface area contributed by atoms with Crippen molar-refractivity contribution >= 4 is 28.9 Å². The first-order valence-corrected chi connectivity index (χ1v) is 12.7. The zero-order valence-electron chi connectivity index (χ0n) is 21.1. The Morgan fingerprint density at radius 3 is 2.36 bits per heavy atom. The van der Waals surface area contributed by atoms with E-state index >= 15 is 0 Å². The van der Waals surface area contributed by atoms with Gasteiger partial charge in [0, 0.05) is 24.6 Å². The van der Waals surface area contributed by atoms with Crippen LogP contribution in [0.25, 0.3) is 11.1 Å². The molecule has 1 unspecified atom stereocenters. The lowest BCUT2D eigenvalue weighted by Gasteiger charge is -2.32. The summed E-state index contributed by atoms with van der Waals surface area (Å²) in [6.07, 6.45) is -0.483. The number of alkyl halides is 3. The minimum atomic E-state index is -4.62. The van der Waals surface area contributed by atoms with Crippen LogP contribution in [0, 0.1) is 0 Å². The molecular weight excluding hydrogens is 503 g/mol. The average Bonchev–Trinajstić information content (AvgIpc) is 3.31. The average molecular weight is 528 g/mol. The number of carbonyl (C=O) groups excluding carboxylic acids is 2. The van der Waals surface area contributed by atoms with E-state index in [2.05, 4.69) is 4.98 Å². The van der Waals surface area contributed by atoms with Crippen LogP contribution >= 0.6 is 0 Å². The molecule has 1 aliphatic heterocycles. The second-order valence-electron chi connectivity index (χ2n) is 9.75. The van der Waals surface area contributed by atoms with Gasteiger partial charge >= 0.3 is 6.18 Å². The van der Waals surface area contributed by atoms with Crippen molar-refractivity contribution in [2.45, 2.75) is 31.4 Å². The zero-order chi connectivity index (χ0) is 27.4. The van der Waals surface area contributed by atoms with Crippen LogP contribution in [0.4, 0.5) is 30.2 Å². The third kappa shape index (κ3) is 3.81. The summed E-state index contributed by atoms with van der Waals surface area (Å²) in [5, 5.41) is 0. The highest BCUT2D eigenvalue weighted by Gasteiger charge is 2.57. The Morgan fingerprint density at radius 1 is 0.872 bits per heavy atom. The maximum atomic E-state index is 14.7. The summed E-state index contributed by atoms with van der Waals surface area (Å²) < 4.78 is 41.5. The molecule has 3 aromatic carbocycles. The number of fused-ring (bicyclic) bond motifs is 3. The molecule has 5 nitrogen and oxygen atoms in total. The van der Waals surface area contributed by atoms with Gasteiger partial charge in [-0.2, -0.15) is 13.2 Å². The summed E-state index contributed by atoms with van der Waals surface area (Å²) in [7, 11) is 0. The van der Waals surface area contributed by atoms with Gasteiger partial charge < -0.3 is 4.90 Å². The van der Waals surface area contributed by atoms with E-state index in [9.17, 15) is 22.8 Å². The van der Waals surface area contributed by atoms with Crippen molar-refractivity contribution in [1.82, 2.24) is 4.98 Å². The SMILES string of the molecule is CCN1C(=O)C2(CCc3cc(-c4cccnc4)ccc32)C(=O)N(c2ccccc2)c2cc(C(F)(F)F)ccc21. The number of carbonyl (C=O) groups is 2. The monoisotopic (exact) mass is 527 g/mol. The zero-order valence-corrected chi connectivity index (χ0v) is 21.1. The topological polar surface area (TPSA) is 53.5 Å². The molecule has 2 heterocycles. The number of anilines is 3. The number of hydrogen-bond donors (Lipinski definition) is 0. The Balaban J connectivity index is 1.59. The normalized spacial score (nSPS) is 18.8. The number of nitrogens with zero attached hydrogens (tertiary/aromatic N) is 3. The number of pyridine rings is 1. The first-order chi connectivity index (χ1) is 18.8. The van der Waals surface area contributed by atoms with Crippen molar-refractivity contribution in [3.63, 3.8) is 0 Å². The van der Waals surface area contributed by atoms with Crippen LogP contribution in [0.3, 0.4) is 0 Å². The van der Waals surface area contributed by atoms with Gasteiger partial charge in [-0.25, -0.2) is 0 Å². The second kappa shape index (κ2) is 9.08. The third-order valence-corrected chi connectivity index (χ3v) is 7.67. The van der Waals surface area contributed by atoms with Crippen LogP contribution in [0.15, 0.2) is 91.3 Å². The van der Waals surface area contributed by atoms with E-state index in [1.54, 1.807) is 49.6 Å². The molecule has 2 aliphatic rings. The number of amides is 2. The fourth-order valence-electron chi connectivity index (χ4n) is 5.82. The summed E-state index contributed by atoms with van der Waals surface area (Å²) in [5.41, 5.74) is 1.52. The Morgan fingerprint density at radius 2 is 1.67 bits per heavy atom. The fraction of sp³-hybridized carbons (Fsp3) is 0.194. The molecule has 196 valence electrons. The third-order valence-electron chi connectivity index (χ3n) is 7.67. The lowest BCUT2D eigenvalue weighted by molar-refractivity contribution is -0.138. The highest BCUT2D eigenvalue weighted by atomic mass is 19.4. The summed E-state index contributed by atoms with van der Waals surface area (Å²) in [5.74, 6) is -0.981. The minimum Gasteiger partial charge on any atom is -0.309 e. The van der Waals surface area contributed by atoms with Crippen molar-refractivity contribution in [2.75, 3.05) is 16.3 Å². The number of likely N-dealkylation sites (N-methyl/N-ethyl adjacent to an activating group) is 1. The number of para-hydroxylation sites is 1. The number of aromatic nitrogens is 1. The molecule has 8 heteroatoms. The second-order valence-corrected chi connectivity index (χ2v) is 9.75. The van der Waals surface area contributed by atoms with Crippen LogP contribution in [-0.4, -0.2) is 23.3 Å². The van der Waals surface area contributed by atoms with E-state index in [-0.39, 0.29) is 24.3 Å². The predicted molar refractivity (Wildman–Crippen MR) is 143 cm³/mol. The Labute approximate surface area is 223 Å². The molecule has 4 aromatic rings. The first-order valence-electron chi connectivity index (χ1n) is 12.7. The standard InChI is InChI=1S/C31H24F3N3O2/c1-2-36-26-13-11-23(31(32,33)34)18-27(26)37(24-8-4-3-5-9-24)29(39)30(28(36)38)15-14-21-17-20(10-12-25(21)30)22-7-6-16-35-19-22/h3-13,16-19H,2,14-15H2,1H3. The quantitative estimate of drug-likeness (QED) is 0.279. The van der Waals surface area contributed by atoms with Crippen molar-refractivity contribution in [1.29, 1.82) is 0 Å². The van der Waals surface area contributed by atoms with Gasteiger partial charge in [0.2, 0.25) is 5.91 Å². The van der Waals surface area contributed by atoms with Crippen LogP contribution in [0.5, 0.6) is 0 Å². The summed E-state index contributed by atoms with van der Waals surface area (Å²) in [6, 6.07) is 21.2. The largest absolute Gasteiger partial charge is 0.416 e. The van der Waals surface area contributed by atoms with Crippen molar-refractivity contribution < 1.29 is 22.8 Å². The molecule has 39 heavy (non-hydrogen) atoms. The first kappa shape index (κ1) is 24.9. The van der Waals surface area contributed by atoms with Crippen molar-refractivity contribution in [2.24, 2.45) is 0 Å². The van der Waals surface area contributed by atoms with Crippen LogP contribution in [-0.2, 0) is 27.6 Å². The molecule has 1 aliphatic carbocycles. The number of halogens is 3. The number of aryl methyl sites for hydroxylation is 1. The van der Waals surface area contributed by atoms with Crippen LogP contribution in [0.2, 0.25) is 0 Å². The fourth-order valence-corrected chi connectivity index (χ4v) is 5.82. The molecular formula is C31H24F3N3O2. The molecule has 6 rings (SSSR count). The molecule has 0 fully saturated rings. The molecule has 1 spiro atoms. The van der Waals surface area contributed by atoms with Gasteiger partial charge in [-0.1, -0.05) is 42.5 Å². The summed E-state index contributed by atoms with van der Waals surface area (Å²) in [6.45, 7) is 1.95. The van der Waals surface area contributed by atoms with E-state index in [0.29, 0.717) is 17.7 Å². The summed E-state index contributed by atoms with van der Waals surface area (Å²) in [4.78, 5) is 36.0. The Kier molecular flexibility index (Phi) is 5.79. The number of rotatable bonds is 3. The van der Waals surface area contributed by atoms with Gasteiger partial charge in [-0.05, 0) is 78.4 Å². The Hall–Kier alpha value is -4.46. The van der Waals surface area contributed by atoms with Gasteiger partial charge in [-0.3, -0.25) is 19.5 Å².